The summed E-state index contributed by atoms with van der Waals surface area (Å²) in [5.41, 5.74) is 6.33. The summed E-state index contributed by atoms with van der Waals surface area (Å²) in [5, 5.41) is 1.89. The highest BCUT2D eigenvalue weighted by Crippen LogP contribution is 2.22. The number of nitrogens with zero attached hydrogens (tertiary/aromatic N) is 2. The minimum absolute atomic E-state index is 0.0477. The van der Waals surface area contributed by atoms with Crippen molar-refractivity contribution in [2.24, 2.45) is 5.73 Å². The monoisotopic (exact) mass is 329 g/mol. The van der Waals surface area contributed by atoms with E-state index in [0.717, 1.165) is 28.8 Å². The largest absolute Gasteiger partial charge is 0.368 e. The zero-order valence-corrected chi connectivity index (χ0v) is 13.6. The first-order chi connectivity index (χ1) is 11.1. The summed E-state index contributed by atoms with van der Waals surface area (Å²) in [6.45, 7) is 0.609. The molecular weight excluding hydrogens is 310 g/mol. The summed E-state index contributed by atoms with van der Waals surface area (Å²) in [6, 6.07) is 11.3. The zero-order chi connectivity index (χ0) is 16.2. The zero-order valence-electron chi connectivity index (χ0n) is 12.8. The van der Waals surface area contributed by atoms with Crippen LogP contribution in [0.2, 0.25) is 0 Å². The van der Waals surface area contributed by atoms with Crippen LogP contribution in [0.25, 0.3) is 10.9 Å². The Morgan fingerprint density at radius 3 is 2.87 bits per heavy atom. The van der Waals surface area contributed by atoms with Gasteiger partial charge in [0.2, 0.25) is 11.8 Å². The van der Waals surface area contributed by atoms with Gasteiger partial charge in [-0.05, 0) is 31.4 Å². The maximum absolute atomic E-state index is 12.4. The number of thioether (sulfide) groups is 1. The van der Waals surface area contributed by atoms with E-state index in [0.29, 0.717) is 13.0 Å². The Morgan fingerprint density at radius 1 is 1.22 bits per heavy atom. The summed E-state index contributed by atoms with van der Waals surface area (Å²) in [7, 11) is 0. The lowest BCUT2D eigenvalue weighted by molar-refractivity contribution is -0.138. The van der Waals surface area contributed by atoms with Crippen molar-refractivity contribution < 1.29 is 9.59 Å². The quantitative estimate of drug-likeness (QED) is 0.873. The van der Waals surface area contributed by atoms with Gasteiger partial charge in [-0.15, -0.1) is 0 Å². The molecule has 0 aliphatic carbocycles. The molecule has 5 nitrogen and oxygen atoms in total. The lowest BCUT2D eigenvalue weighted by Gasteiger charge is -2.33. The Morgan fingerprint density at radius 2 is 2.04 bits per heavy atom. The van der Waals surface area contributed by atoms with Gasteiger partial charge in [-0.1, -0.05) is 36.0 Å². The number of aromatic nitrogens is 1. The van der Waals surface area contributed by atoms with Crippen molar-refractivity contribution in [3.63, 3.8) is 0 Å². The molecule has 0 saturated carbocycles. The van der Waals surface area contributed by atoms with Crippen LogP contribution < -0.4 is 5.73 Å². The standard InChI is InChI=1S/C17H19N3O2S/c18-17(22)14-7-3-4-10-20(14)16(21)11-23-15-9-8-12-5-1-2-6-13(12)19-15/h1-2,5-6,8-9,14H,3-4,7,10-11H2,(H2,18,22)/t14-/m0/s1. The predicted molar refractivity (Wildman–Crippen MR) is 91.0 cm³/mol. The lowest BCUT2D eigenvalue weighted by atomic mass is 10.0. The summed E-state index contributed by atoms with van der Waals surface area (Å²) in [6.07, 6.45) is 2.53. The number of carbonyl (C=O) groups is 2. The van der Waals surface area contributed by atoms with Gasteiger partial charge >= 0.3 is 0 Å². The van der Waals surface area contributed by atoms with Crippen LogP contribution in [0, 0.1) is 0 Å². The maximum atomic E-state index is 12.4. The van der Waals surface area contributed by atoms with Crippen molar-refractivity contribution in [3.8, 4) is 0 Å². The second-order valence-corrected chi connectivity index (χ2v) is 6.63. The second kappa shape index (κ2) is 7.00. The Hall–Kier alpha value is -2.08. The molecule has 1 saturated heterocycles. The van der Waals surface area contributed by atoms with E-state index in [4.69, 9.17) is 5.73 Å². The van der Waals surface area contributed by atoms with E-state index in [1.54, 1.807) is 4.90 Å². The number of likely N-dealkylation sites (tertiary alicyclic amines) is 1. The van der Waals surface area contributed by atoms with Gasteiger partial charge in [0.25, 0.3) is 0 Å². The van der Waals surface area contributed by atoms with Crippen LogP contribution >= 0.6 is 11.8 Å². The molecule has 23 heavy (non-hydrogen) atoms. The molecule has 1 fully saturated rings. The number of amides is 2. The second-order valence-electron chi connectivity index (χ2n) is 5.63. The van der Waals surface area contributed by atoms with Gasteiger partial charge in [0.1, 0.15) is 6.04 Å². The molecule has 2 heterocycles. The molecule has 0 unspecified atom stereocenters. The van der Waals surface area contributed by atoms with Gasteiger partial charge in [0.05, 0.1) is 16.3 Å². The van der Waals surface area contributed by atoms with Crippen LogP contribution in [0.4, 0.5) is 0 Å². The third-order valence-electron chi connectivity index (χ3n) is 4.07. The number of primary amides is 1. The average molecular weight is 329 g/mol. The van der Waals surface area contributed by atoms with Crippen LogP contribution in [0.5, 0.6) is 0 Å². The van der Waals surface area contributed by atoms with Gasteiger partial charge in [0, 0.05) is 11.9 Å². The minimum atomic E-state index is -0.457. The Balaban J connectivity index is 1.66. The number of nitrogens with two attached hydrogens (primary N) is 1. The highest BCUT2D eigenvalue weighted by atomic mass is 32.2. The molecule has 120 valence electrons. The number of rotatable bonds is 4. The summed E-state index contributed by atoms with van der Waals surface area (Å²) < 4.78 is 0. The smallest absolute Gasteiger partial charge is 0.240 e. The average Bonchev–Trinajstić information content (AvgIpc) is 2.59. The first-order valence-electron chi connectivity index (χ1n) is 7.72. The summed E-state index contributed by atoms with van der Waals surface area (Å²) in [5.74, 6) is -0.185. The Bertz CT molecular complexity index is 735. The molecule has 6 heteroatoms. The molecule has 0 spiro atoms. The fraction of sp³-hybridized carbons (Fsp3) is 0.353. The molecular formula is C17H19N3O2S. The van der Waals surface area contributed by atoms with E-state index in [1.165, 1.54) is 11.8 Å². The number of hydrogen-bond donors (Lipinski definition) is 1. The van der Waals surface area contributed by atoms with Crippen LogP contribution in [-0.4, -0.2) is 40.0 Å². The van der Waals surface area contributed by atoms with Crippen LogP contribution in [0.15, 0.2) is 41.4 Å². The van der Waals surface area contributed by atoms with Gasteiger partial charge in [-0.25, -0.2) is 4.98 Å². The summed E-state index contributed by atoms with van der Waals surface area (Å²) in [4.78, 5) is 30.1. The maximum Gasteiger partial charge on any atom is 0.240 e. The number of hydrogen-bond acceptors (Lipinski definition) is 4. The number of benzene rings is 1. The van der Waals surface area contributed by atoms with Crippen molar-refractivity contribution in [3.05, 3.63) is 36.4 Å². The first kappa shape index (κ1) is 15.8. The minimum Gasteiger partial charge on any atom is -0.368 e. The third kappa shape index (κ3) is 3.64. The number of para-hydroxylation sites is 1. The molecule has 0 bridgehead atoms. The molecule has 0 radical (unpaired) electrons. The molecule has 2 N–H and O–H groups in total. The van der Waals surface area contributed by atoms with Crippen molar-refractivity contribution >= 4 is 34.5 Å². The van der Waals surface area contributed by atoms with E-state index in [-0.39, 0.29) is 11.7 Å². The number of carbonyl (C=O) groups excluding carboxylic acids is 2. The van der Waals surface area contributed by atoms with Crippen molar-refractivity contribution in [1.29, 1.82) is 0 Å². The van der Waals surface area contributed by atoms with Gasteiger partial charge in [0.15, 0.2) is 0 Å². The number of pyridine rings is 1. The van der Waals surface area contributed by atoms with Gasteiger partial charge in [-0.3, -0.25) is 9.59 Å². The van der Waals surface area contributed by atoms with E-state index in [9.17, 15) is 9.59 Å². The van der Waals surface area contributed by atoms with Crippen LogP contribution in [0.1, 0.15) is 19.3 Å². The Labute approximate surface area is 139 Å². The van der Waals surface area contributed by atoms with E-state index in [2.05, 4.69) is 4.98 Å². The van der Waals surface area contributed by atoms with Gasteiger partial charge in [-0.2, -0.15) is 0 Å². The van der Waals surface area contributed by atoms with E-state index < -0.39 is 11.9 Å². The topological polar surface area (TPSA) is 76.3 Å². The molecule has 1 atom stereocenters. The molecule has 3 rings (SSSR count). The summed E-state index contributed by atoms with van der Waals surface area (Å²) >= 11 is 1.40. The van der Waals surface area contributed by atoms with E-state index in [1.807, 2.05) is 36.4 Å². The van der Waals surface area contributed by atoms with Crippen molar-refractivity contribution in [1.82, 2.24) is 9.88 Å². The first-order valence-corrected chi connectivity index (χ1v) is 8.71. The fourth-order valence-corrected chi connectivity index (χ4v) is 3.64. The highest BCUT2D eigenvalue weighted by molar-refractivity contribution is 7.99. The number of fused-ring (bicyclic) bond motifs is 1. The molecule has 2 aromatic rings. The molecule has 1 aromatic carbocycles. The molecule has 2 amide bonds. The molecule has 1 aromatic heterocycles. The number of piperidine rings is 1. The highest BCUT2D eigenvalue weighted by Gasteiger charge is 2.30. The van der Waals surface area contributed by atoms with Crippen molar-refractivity contribution in [2.75, 3.05) is 12.3 Å². The molecule has 1 aliphatic heterocycles. The normalized spacial score (nSPS) is 18.1. The fourth-order valence-electron chi connectivity index (χ4n) is 2.87. The van der Waals surface area contributed by atoms with Crippen LogP contribution in [0.3, 0.4) is 0 Å². The van der Waals surface area contributed by atoms with Gasteiger partial charge < -0.3 is 10.6 Å². The predicted octanol–water partition coefficient (Wildman–Crippen LogP) is 2.19. The third-order valence-corrected chi connectivity index (χ3v) is 4.98. The molecule has 1 aliphatic rings. The van der Waals surface area contributed by atoms with E-state index >= 15 is 0 Å². The van der Waals surface area contributed by atoms with Crippen molar-refractivity contribution in [2.45, 2.75) is 30.3 Å². The lowest BCUT2D eigenvalue weighted by Crippen LogP contribution is -2.51. The van der Waals surface area contributed by atoms with Crippen LogP contribution in [-0.2, 0) is 9.59 Å². The Kier molecular flexibility index (Phi) is 4.81. The SMILES string of the molecule is NC(=O)[C@@H]1CCCCN1C(=O)CSc1ccc2ccccc2n1.